The van der Waals surface area contributed by atoms with Gasteiger partial charge in [0, 0.05) is 8.95 Å². The van der Waals surface area contributed by atoms with E-state index >= 15 is 26.3 Å². The summed E-state index contributed by atoms with van der Waals surface area (Å²) in [6.45, 7) is -1.34. The molecule has 2 aliphatic rings. The molecule has 340 valence electrons. The number of hydrogen-bond acceptors (Lipinski definition) is 10. The van der Waals surface area contributed by atoms with Crippen molar-refractivity contribution in [1.29, 1.82) is 0 Å². The summed E-state index contributed by atoms with van der Waals surface area (Å²) < 4.78 is 105. The summed E-state index contributed by atoms with van der Waals surface area (Å²) in [5, 5.41) is 16.5. The third-order valence-electron chi connectivity index (χ3n) is 10.7. The van der Waals surface area contributed by atoms with E-state index in [1.165, 1.54) is 0 Å². The average Bonchev–Trinajstić information content (AvgIpc) is 3.68. The van der Waals surface area contributed by atoms with Crippen LogP contribution >= 0.6 is 31.9 Å². The fourth-order valence-electron chi connectivity index (χ4n) is 7.41. The Hall–Kier alpha value is -7.06. The summed E-state index contributed by atoms with van der Waals surface area (Å²) in [5.74, 6) is -3.56. The molecule has 4 amide bonds. The van der Waals surface area contributed by atoms with Crippen LogP contribution in [0.15, 0.2) is 163 Å². The van der Waals surface area contributed by atoms with Crippen molar-refractivity contribution in [2.75, 3.05) is 26.3 Å². The first-order valence-electron chi connectivity index (χ1n) is 19.9. The number of alkyl halides is 6. The molecule has 6 aromatic rings. The first-order valence-corrected chi connectivity index (χ1v) is 21.5. The van der Waals surface area contributed by atoms with Crippen LogP contribution in [0.3, 0.4) is 0 Å². The lowest BCUT2D eigenvalue weighted by Gasteiger charge is -2.38. The van der Waals surface area contributed by atoms with Gasteiger partial charge in [-0.3, -0.25) is 29.0 Å². The lowest BCUT2D eigenvalue weighted by Crippen LogP contribution is -2.55. The molecule has 2 aliphatic heterocycles. The first kappa shape index (κ1) is 46.5. The van der Waals surface area contributed by atoms with Crippen molar-refractivity contribution in [3.05, 3.63) is 176 Å². The number of ether oxygens (including phenoxy) is 2. The van der Waals surface area contributed by atoms with Crippen LogP contribution in [0.5, 0.6) is 11.5 Å². The van der Waals surface area contributed by atoms with Crippen LogP contribution in [0, 0.1) is 0 Å². The van der Waals surface area contributed by atoms with Crippen LogP contribution in [-0.2, 0) is 5.41 Å². The molecular weight excluding hydrogens is 1020 g/mol. The van der Waals surface area contributed by atoms with E-state index in [9.17, 15) is 19.2 Å². The maximum absolute atomic E-state index is 15.3. The molecule has 0 saturated heterocycles. The van der Waals surface area contributed by atoms with E-state index in [0.29, 0.717) is 68.3 Å². The summed E-state index contributed by atoms with van der Waals surface area (Å²) in [6, 6.07) is 30.0. The van der Waals surface area contributed by atoms with Crippen LogP contribution in [0.1, 0.15) is 52.6 Å². The smallest absolute Gasteiger partial charge is 0.411 e. The van der Waals surface area contributed by atoms with Gasteiger partial charge in [0.2, 0.25) is 5.41 Å². The Morgan fingerprint density at radius 2 is 0.716 bits per heavy atom. The van der Waals surface area contributed by atoms with Crippen LogP contribution in [0.2, 0.25) is 0 Å². The first-order chi connectivity index (χ1) is 31.9. The van der Waals surface area contributed by atoms with E-state index < -0.39 is 87.9 Å². The fraction of sp³-hybridized carbons (Fsp3) is 0.149. The standard InChI is InChI=1S/C47H30Br2F6N6O6/c48-29-3-7-31(8-4-29)56-58-33-11-15-35(16-12-33)66-23-21-60-41(62)37-19-1-27(25-39(37)43(60)64)45(46(50,51)52,47(53,54)55)28-2-20-38-40(26-28)44(65)61(42(38)63)22-24-67-36-17-13-34(14-18-36)59-57-32-9-5-30(49)6-10-32/h1-20,25-26H,21-24H2. The second-order valence-corrected chi connectivity index (χ2v) is 16.7. The molecule has 20 heteroatoms. The average molecular weight is 1050 g/mol. The quantitative estimate of drug-likeness (QED) is 0.0604. The highest BCUT2D eigenvalue weighted by Crippen LogP contribution is 2.57. The largest absolute Gasteiger partial charge is 0.492 e. The maximum atomic E-state index is 15.3. The molecule has 0 aromatic heterocycles. The fourth-order valence-corrected chi connectivity index (χ4v) is 7.94. The Bertz CT molecular complexity index is 2750. The minimum atomic E-state index is -6.13. The molecule has 0 unspecified atom stereocenters. The van der Waals surface area contributed by atoms with Gasteiger partial charge in [-0.25, -0.2) is 0 Å². The molecule has 0 radical (unpaired) electrons. The number of carbonyl (C=O) groups excluding carboxylic acids is 4. The summed E-state index contributed by atoms with van der Waals surface area (Å²) in [6.07, 6.45) is -12.3. The Labute approximate surface area is 393 Å². The van der Waals surface area contributed by atoms with Gasteiger partial charge in [0.25, 0.3) is 23.6 Å². The van der Waals surface area contributed by atoms with E-state index in [0.717, 1.165) is 21.1 Å². The molecule has 12 nitrogen and oxygen atoms in total. The van der Waals surface area contributed by atoms with Crippen LogP contribution < -0.4 is 9.47 Å². The molecule has 0 spiro atoms. The van der Waals surface area contributed by atoms with Gasteiger partial charge in [0.1, 0.15) is 24.7 Å². The van der Waals surface area contributed by atoms with Gasteiger partial charge in [0.05, 0.1) is 58.1 Å². The number of rotatable bonds is 14. The van der Waals surface area contributed by atoms with Gasteiger partial charge in [-0.2, -0.15) is 46.8 Å². The number of imide groups is 2. The zero-order valence-electron chi connectivity index (χ0n) is 34.2. The number of halogens is 8. The highest BCUT2D eigenvalue weighted by Gasteiger charge is 2.73. The number of fused-ring (bicyclic) bond motifs is 2. The Balaban J connectivity index is 0.956. The second-order valence-electron chi connectivity index (χ2n) is 14.8. The topological polar surface area (TPSA) is 143 Å². The molecule has 0 atom stereocenters. The van der Waals surface area contributed by atoms with Crippen molar-refractivity contribution in [1.82, 2.24) is 9.80 Å². The highest BCUT2D eigenvalue weighted by molar-refractivity contribution is 9.10. The summed E-state index contributed by atoms with van der Waals surface area (Å²) in [7, 11) is 0. The van der Waals surface area contributed by atoms with E-state index in [2.05, 4.69) is 52.3 Å². The van der Waals surface area contributed by atoms with Crippen LogP contribution in [0.4, 0.5) is 49.1 Å². The lowest BCUT2D eigenvalue weighted by atomic mass is 9.71. The number of amides is 4. The van der Waals surface area contributed by atoms with Gasteiger partial charge >= 0.3 is 12.4 Å². The van der Waals surface area contributed by atoms with Crippen LogP contribution in [0.25, 0.3) is 0 Å². The number of carbonyl (C=O) groups is 4. The third kappa shape index (κ3) is 9.35. The summed E-state index contributed by atoms with van der Waals surface area (Å²) >= 11 is 6.68. The Kier molecular flexibility index (Phi) is 13.0. The second kappa shape index (κ2) is 18.7. The molecule has 0 fully saturated rings. The van der Waals surface area contributed by atoms with Gasteiger partial charge in [-0.15, -0.1) is 0 Å². The maximum Gasteiger partial charge on any atom is 0.411 e. The predicted octanol–water partition coefficient (Wildman–Crippen LogP) is 12.8. The monoisotopic (exact) mass is 1050 g/mol. The zero-order chi connectivity index (χ0) is 47.7. The Morgan fingerprint density at radius 1 is 0.418 bits per heavy atom. The molecular formula is C47H30Br2F6N6O6. The van der Waals surface area contributed by atoms with E-state index in [1.807, 2.05) is 0 Å². The molecule has 67 heavy (non-hydrogen) atoms. The predicted molar refractivity (Wildman–Crippen MR) is 237 cm³/mol. The molecule has 0 saturated carbocycles. The lowest BCUT2D eigenvalue weighted by molar-refractivity contribution is -0.288. The molecule has 6 aromatic carbocycles. The molecule has 0 aliphatic carbocycles. The number of benzene rings is 6. The molecule has 2 heterocycles. The highest BCUT2D eigenvalue weighted by atomic mass is 79.9. The number of azo groups is 2. The van der Waals surface area contributed by atoms with Gasteiger partial charge < -0.3 is 9.47 Å². The minimum Gasteiger partial charge on any atom is -0.492 e. The molecule has 0 bridgehead atoms. The van der Waals surface area contributed by atoms with E-state index in [-0.39, 0.29) is 13.2 Å². The number of hydrogen-bond donors (Lipinski definition) is 0. The van der Waals surface area contributed by atoms with Crippen LogP contribution in [-0.4, -0.2) is 72.1 Å². The summed E-state index contributed by atoms with van der Waals surface area (Å²) in [4.78, 5) is 54.9. The van der Waals surface area contributed by atoms with Crippen molar-refractivity contribution >= 4 is 78.2 Å². The Morgan fingerprint density at radius 3 is 1.03 bits per heavy atom. The van der Waals surface area contributed by atoms with E-state index in [4.69, 9.17) is 9.47 Å². The van der Waals surface area contributed by atoms with Gasteiger partial charge in [0.15, 0.2) is 0 Å². The van der Waals surface area contributed by atoms with Gasteiger partial charge in [-0.05, 0) is 132 Å². The van der Waals surface area contributed by atoms with Crippen molar-refractivity contribution in [2.24, 2.45) is 20.5 Å². The normalized spacial score (nSPS) is 14.1. The third-order valence-corrected chi connectivity index (χ3v) is 11.8. The van der Waals surface area contributed by atoms with Gasteiger partial charge in [-0.1, -0.05) is 44.0 Å². The molecule has 0 N–H and O–H groups in total. The van der Waals surface area contributed by atoms with Crippen molar-refractivity contribution in [3.8, 4) is 11.5 Å². The van der Waals surface area contributed by atoms with E-state index in [1.54, 1.807) is 97.1 Å². The number of nitrogens with zero attached hydrogens (tertiary/aromatic N) is 6. The minimum absolute atomic E-state index is 0.271. The van der Waals surface area contributed by atoms with Crippen molar-refractivity contribution < 1.29 is 55.0 Å². The van der Waals surface area contributed by atoms with Crippen molar-refractivity contribution in [3.63, 3.8) is 0 Å². The summed E-state index contributed by atoms with van der Waals surface area (Å²) in [5.41, 5.74) is -7.73. The molecule has 8 rings (SSSR count). The SMILES string of the molecule is O=C1c2ccc(C(c3ccc4c(c3)C(=O)N(CCOc3ccc(N=Nc5ccc(Br)cc5)cc3)C4=O)(C(F)(F)F)C(F)(F)F)cc2C(=O)N1CCOc1ccc(N=Nc2ccc(Br)cc2)cc1. The van der Waals surface area contributed by atoms with Crippen molar-refractivity contribution in [2.45, 2.75) is 17.8 Å². The zero-order valence-corrected chi connectivity index (χ0v) is 37.4.